The van der Waals surface area contributed by atoms with Crippen LogP contribution in [0.1, 0.15) is 51.4 Å². The van der Waals surface area contributed by atoms with Gasteiger partial charge in [0, 0.05) is 38.6 Å². The Bertz CT molecular complexity index is 2290. The van der Waals surface area contributed by atoms with Crippen LogP contribution in [0.2, 0.25) is 0 Å². The van der Waals surface area contributed by atoms with Crippen LogP contribution in [-0.4, -0.2) is 31.7 Å². The number of quaternary nitrogens is 1. The number of benzene rings is 3. The monoisotopic (exact) mass is 774 g/mol. The number of pyridine rings is 2. The molecule has 0 fully saturated rings. The number of hydrogen-bond acceptors (Lipinski definition) is 5. The normalized spacial score (nSPS) is 16.2. The third-order valence-electron chi connectivity index (χ3n) is 9.24. The van der Waals surface area contributed by atoms with Gasteiger partial charge in [0.25, 0.3) is 0 Å². The summed E-state index contributed by atoms with van der Waals surface area (Å²) in [6.07, 6.45) is 1.81. The Kier molecular flexibility index (Phi) is 6.43. The van der Waals surface area contributed by atoms with Crippen molar-refractivity contribution in [2.24, 2.45) is 0 Å². The molecule has 8 heteroatoms. The average Bonchev–Trinajstić information content (AvgIpc) is 3.66. The van der Waals surface area contributed by atoms with Gasteiger partial charge in [-0.1, -0.05) is 70.3 Å². The van der Waals surface area contributed by atoms with Crippen molar-refractivity contribution in [3.63, 3.8) is 0 Å². The minimum Gasteiger partial charge on any atom is -0.517 e. The fraction of sp³-hybridized carbons (Fsp3) is 0.216. The molecule has 0 aliphatic carbocycles. The molecule has 1 aliphatic rings. The zero-order valence-corrected chi connectivity index (χ0v) is 28.3. The van der Waals surface area contributed by atoms with Crippen LogP contribution in [0.5, 0.6) is 5.75 Å². The first-order valence-corrected chi connectivity index (χ1v) is 14.9. The summed E-state index contributed by atoms with van der Waals surface area (Å²) in [5, 5.41) is 11.9. The van der Waals surface area contributed by atoms with Gasteiger partial charge in [-0.2, -0.15) is 14.5 Å². The van der Waals surface area contributed by atoms with E-state index in [1.54, 1.807) is 12.1 Å². The number of aromatic hydroxyl groups is 1. The van der Waals surface area contributed by atoms with Gasteiger partial charge in [0.2, 0.25) is 5.82 Å². The molecule has 1 unspecified atom stereocenters. The maximum atomic E-state index is 10.7. The van der Waals surface area contributed by atoms with Crippen molar-refractivity contribution < 1.29 is 30.6 Å². The van der Waals surface area contributed by atoms with E-state index in [-0.39, 0.29) is 32.2 Å². The maximum Gasteiger partial charge on any atom is 0.326 e. The summed E-state index contributed by atoms with van der Waals surface area (Å²) in [6.45, 7) is 11.0. The average molecular weight is 775 g/mol. The van der Waals surface area contributed by atoms with Crippen LogP contribution in [0, 0.1) is 6.07 Å². The van der Waals surface area contributed by atoms with Gasteiger partial charge in [-0.25, -0.2) is 4.57 Å². The van der Waals surface area contributed by atoms with Crippen molar-refractivity contribution in [1.82, 2.24) is 24.0 Å². The van der Waals surface area contributed by atoms with Crippen LogP contribution in [0.25, 0.3) is 38.8 Å². The molecule has 7 aromatic rings. The number of aromatic nitrogens is 4. The summed E-state index contributed by atoms with van der Waals surface area (Å²) in [5.74, 6) is 1.95. The summed E-state index contributed by atoms with van der Waals surface area (Å²) >= 11 is 0. The topological polar surface area (TPSA) is 77.0 Å². The first-order valence-electron chi connectivity index (χ1n) is 14.9. The summed E-state index contributed by atoms with van der Waals surface area (Å²) < 4.78 is 8.53. The van der Waals surface area contributed by atoms with Gasteiger partial charge < -0.3 is 14.5 Å². The van der Waals surface area contributed by atoms with Crippen molar-refractivity contribution in [3.8, 4) is 11.4 Å². The summed E-state index contributed by atoms with van der Waals surface area (Å²) in [7, 11) is 2.19. The number of hydrogen-bond donors (Lipinski definition) is 1. The Morgan fingerprint density at radius 2 is 1.64 bits per heavy atom. The van der Waals surface area contributed by atoms with Crippen molar-refractivity contribution in [2.75, 3.05) is 7.05 Å². The second-order valence-corrected chi connectivity index (χ2v) is 13.4. The molecule has 0 saturated heterocycles. The predicted octanol–water partition coefficient (Wildman–Crippen LogP) is 8.76. The van der Waals surface area contributed by atoms with Crippen LogP contribution >= 0.6 is 0 Å². The zero-order chi connectivity index (χ0) is 30.6. The number of nitrogens with zero attached hydrogens (tertiary/aromatic N) is 5. The number of para-hydroxylation sites is 4. The molecule has 4 aromatic heterocycles. The van der Waals surface area contributed by atoms with Gasteiger partial charge in [-0.05, 0) is 59.0 Å². The van der Waals surface area contributed by atoms with Gasteiger partial charge in [-0.3, -0.25) is 0 Å². The zero-order valence-electron chi connectivity index (χ0n) is 26.0. The van der Waals surface area contributed by atoms with Crippen LogP contribution in [0.15, 0.2) is 89.5 Å². The largest absolute Gasteiger partial charge is 0.517 e. The van der Waals surface area contributed by atoms with E-state index in [0.717, 1.165) is 45.4 Å². The van der Waals surface area contributed by atoms with Crippen LogP contribution in [0.4, 0.5) is 17.5 Å². The van der Waals surface area contributed by atoms with E-state index in [1.165, 1.54) is 5.56 Å². The van der Waals surface area contributed by atoms with E-state index < -0.39 is 5.41 Å². The van der Waals surface area contributed by atoms with Gasteiger partial charge in [0.15, 0.2) is 5.69 Å². The molecule has 0 amide bonds. The number of rotatable bonds is 3. The molecule has 3 aromatic carbocycles. The minimum atomic E-state index is -0.580. The van der Waals surface area contributed by atoms with E-state index in [2.05, 4.69) is 112 Å². The predicted molar refractivity (Wildman–Crippen MR) is 175 cm³/mol. The number of phenolic OH excluding ortho intramolecular Hbond substituents is 1. The van der Waals surface area contributed by atoms with Gasteiger partial charge >= 0.3 is 5.95 Å². The van der Waals surface area contributed by atoms with E-state index in [0.29, 0.717) is 26.6 Å². The molecular formula is C37H33N5O2Pt. The minimum absolute atomic E-state index is 0. The molecule has 7 nitrogen and oxygen atoms in total. The molecule has 0 saturated carbocycles. The number of furan rings is 1. The molecule has 5 heterocycles. The van der Waals surface area contributed by atoms with Gasteiger partial charge in [-0.15, -0.1) is 11.6 Å². The molecule has 1 N–H and O–H groups in total. The Morgan fingerprint density at radius 3 is 2.44 bits per heavy atom. The Balaban J connectivity index is 0.00000325. The number of fused-ring (bicyclic) bond motifs is 8. The molecule has 0 spiro atoms. The van der Waals surface area contributed by atoms with E-state index in [4.69, 9.17) is 14.4 Å². The third kappa shape index (κ3) is 4.14. The van der Waals surface area contributed by atoms with Crippen molar-refractivity contribution >= 4 is 50.6 Å². The Labute approximate surface area is 276 Å². The first-order chi connectivity index (χ1) is 21.0. The second kappa shape index (κ2) is 9.84. The molecule has 45 heavy (non-hydrogen) atoms. The van der Waals surface area contributed by atoms with E-state index >= 15 is 0 Å². The maximum absolute atomic E-state index is 10.7. The smallest absolute Gasteiger partial charge is 0.326 e. The van der Waals surface area contributed by atoms with E-state index in [1.807, 2.05) is 18.3 Å². The molecular weight excluding hydrogens is 742 g/mol. The molecule has 0 radical (unpaired) electrons. The van der Waals surface area contributed by atoms with Gasteiger partial charge in [0.1, 0.15) is 11.4 Å². The second-order valence-electron chi connectivity index (χ2n) is 13.4. The van der Waals surface area contributed by atoms with Crippen LogP contribution in [0.3, 0.4) is 0 Å². The third-order valence-corrected chi connectivity index (χ3v) is 9.24. The number of phenols is 1. The molecule has 1 aliphatic heterocycles. The van der Waals surface area contributed by atoms with Crippen LogP contribution in [-0.2, 0) is 31.9 Å². The molecule has 228 valence electrons. The quantitative estimate of drug-likeness (QED) is 0.144. The van der Waals surface area contributed by atoms with Crippen molar-refractivity contribution in [1.29, 1.82) is 0 Å². The molecule has 0 bridgehead atoms. The standard InChI is InChI=1S/C37H33N5O2.Pt/c1-36(2,3)22-19-31(37(4,5)23-18-24-33-29(43)16-11-17-30(33)44-34(24)38-21-23)40-32(20-22)42(6)28-15-10-9-14-27(28)41-26-13-8-7-12-25(26)39-35(41)42;/h7-17,19-21,43H,1-6H3;. The number of imidazole rings is 1. The summed E-state index contributed by atoms with van der Waals surface area (Å²) in [4.78, 5) is 15.3. The van der Waals surface area contributed by atoms with E-state index in [9.17, 15) is 5.11 Å². The first kappa shape index (κ1) is 29.4. The summed E-state index contributed by atoms with van der Waals surface area (Å²) in [6, 6.07) is 30.1. The van der Waals surface area contributed by atoms with Crippen LogP contribution < -0.4 is 4.48 Å². The summed E-state index contributed by atoms with van der Waals surface area (Å²) in [5.41, 5.74) is 7.52. The molecule has 8 rings (SSSR count). The molecule has 1 atom stereocenters. The SMILES string of the molecule is CC(C)(C)c1cc(C(C)(C)c2[c-]c3c(nc2)oc2cccc(O)c23)nc([N+]2(C)c3ccccc3-n3c2nc2ccccc23)c1.[Pt]. The fourth-order valence-electron chi connectivity index (χ4n) is 6.48. The van der Waals surface area contributed by atoms with Crippen molar-refractivity contribution in [3.05, 3.63) is 108 Å². The van der Waals surface area contributed by atoms with Gasteiger partial charge in [0.05, 0.1) is 35.1 Å². The van der Waals surface area contributed by atoms with Crippen molar-refractivity contribution in [2.45, 2.75) is 45.4 Å². The fourth-order valence-corrected chi connectivity index (χ4v) is 6.48. The Hall–Kier alpha value is -4.32. The Morgan fingerprint density at radius 1 is 0.889 bits per heavy atom.